The van der Waals surface area contributed by atoms with Crippen molar-refractivity contribution in [1.82, 2.24) is 10.2 Å². The van der Waals surface area contributed by atoms with E-state index in [1.54, 1.807) is 0 Å². The molecule has 5 nitrogen and oxygen atoms in total. The van der Waals surface area contributed by atoms with Crippen LogP contribution in [0.4, 0.5) is 13.2 Å². The average Bonchev–Trinajstić information content (AvgIpc) is 2.37. The van der Waals surface area contributed by atoms with E-state index >= 15 is 0 Å². The fraction of sp³-hybridized carbons (Fsp3) is 0.333. The molecule has 0 bridgehead atoms. The van der Waals surface area contributed by atoms with Crippen LogP contribution < -0.4 is 11.1 Å². The highest BCUT2D eigenvalue weighted by Gasteiger charge is 2.33. The monoisotopic (exact) mass is 287 g/mol. The van der Waals surface area contributed by atoms with E-state index < -0.39 is 40.9 Å². The minimum atomic E-state index is -1.31. The fourth-order valence-electron chi connectivity index (χ4n) is 2.09. The molecule has 1 aliphatic rings. The molecular formula is C12H12F3N3O2. The molecule has 2 amide bonds. The average molecular weight is 287 g/mol. The van der Waals surface area contributed by atoms with Crippen LogP contribution in [0.3, 0.4) is 0 Å². The lowest BCUT2D eigenvalue weighted by molar-refractivity contribution is -0.122. The lowest BCUT2D eigenvalue weighted by Crippen LogP contribution is -2.58. The fourth-order valence-corrected chi connectivity index (χ4v) is 2.09. The van der Waals surface area contributed by atoms with Gasteiger partial charge < -0.3 is 16.0 Å². The van der Waals surface area contributed by atoms with E-state index in [0.717, 1.165) is 4.90 Å². The van der Waals surface area contributed by atoms with Crippen LogP contribution in [0.5, 0.6) is 0 Å². The van der Waals surface area contributed by atoms with Crippen LogP contribution in [-0.2, 0) is 4.79 Å². The van der Waals surface area contributed by atoms with Gasteiger partial charge in [0.05, 0.1) is 0 Å². The Morgan fingerprint density at radius 1 is 1.25 bits per heavy atom. The number of nitrogens with one attached hydrogen (secondary N) is 1. The first-order valence-electron chi connectivity index (χ1n) is 5.87. The Balaban J connectivity index is 2.37. The quantitative estimate of drug-likeness (QED) is 0.804. The number of halogens is 3. The number of nitrogens with two attached hydrogens (primary N) is 1. The number of carbonyl (C=O) groups excluding carboxylic acids is 2. The van der Waals surface area contributed by atoms with Crippen molar-refractivity contribution in [2.75, 3.05) is 19.6 Å². The first-order chi connectivity index (χ1) is 9.41. The molecule has 1 aliphatic heterocycles. The third-order valence-electron chi connectivity index (χ3n) is 3.05. The topological polar surface area (TPSA) is 75.4 Å². The van der Waals surface area contributed by atoms with Gasteiger partial charge in [-0.05, 0) is 0 Å². The number of rotatable bonds is 2. The normalized spacial score (nSPS) is 18.9. The molecule has 1 fully saturated rings. The van der Waals surface area contributed by atoms with Crippen molar-refractivity contribution in [3.8, 4) is 0 Å². The minimum absolute atomic E-state index is 0.0721. The maximum atomic E-state index is 13.6. The molecule has 1 unspecified atom stereocenters. The Kier molecular flexibility index (Phi) is 3.93. The van der Waals surface area contributed by atoms with E-state index in [4.69, 9.17) is 5.73 Å². The van der Waals surface area contributed by atoms with Gasteiger partial charge >= 0.3 is 0 Å². The van der Waals surface area contributed by atoms with Crippen molar-refractivity contribution in [2.24, 2.45) is 5.73 Å². The van der Waals surface area contributed by atoms with E-state index in [0.29, 0.717) is 18.7 Å². The molecule has 0 radical (unpaired) electrons. The standard InChI is InChI=1S/C12H12F3N3O2/c13-6-3-7(14)10(8(15)4-6)12(20)18-2-1-17-5-9(18)11(16)19/h3-4,9,17H,1-2,5H2,(H2,16,19). The van der Waals surface area contributed by atoms with E-state index in [1.807, 2.05) is 0 Å². The highest BCUT2D eigenvalue weighted by atomic mass is 19.1. The van der Waals surface area contributed by atoms with E-state index in [-0.39, 0.29) is 13.1 Å². The molecule has 1 saturated heterocycles. The molecule has 1 aromatic rings. The van der Waals surface area contributed by atoms with Gasteiger partial charge in [0.15, 0.2) is 0 Å². The van der Waals surface area contributed by atoms with E-state index in [1.165, 1.54) is 0 Å². The van der Waals surface area contributed by atoms with Gasteiger partial charge in [-0.1, -0.05) is 0 Å². The zero-order chi connectivity index (χ0) is 14.9. The van der Waals surface area contributed by atoms with E-state index in [2.05, 4.69) is 5.32 Å². The Hall–Kier alpha value is -2.09. The van der Waals surface area contributed by atoms with E-state index in [9.17, 15) is 22.8 Å². The van der Waals surface area contributed by atoms with Crippen molar-refractivity contribution >= 4 is 11.8 Å². The second kappa shape index (κ2) is 5.49. The first kappa shape index (κ1) is 14.3. The Morgan fingerprint density at radius 3 is 2.40 bits per heavy atom. The molecule has 108 valence electrons. The van der Waals surface area contributed by atoms with Crippen LogP contribution in [0.1, 0.15) is 10.4 Å². The second-order valence-corrected chi connectivity index (χ2v) is 4.37. The summed E-state index contributed by atoms with van der Waals surface area (Å²) in [6, 6.07) is -0.171. The zero-order valence-electron chi connectivity index (χ0n) is 10.3. The number of primary amides is 1. The van der Waals surface area contributed by atoms with Gasteiger partial charge in [-0.3, -0.25) is 9.59 Å². The molecule has 2 rings (SSSR count). The number of hydrogen-bond donors (Lipinski definition) is 2. The molecule has 0 saturated carbocycles. The molecular weight excluding hydrogens is 275 g/mol. The van der Waals surface area contributed by atoms with Gasteiger partial charge in [-0.2, -0.15) is 0 Å². The number of piperazine rings is 1. The largest absolute Gasteiger partial charge is 0.368 e. The summed E-state index contributed by atoms with van der Waals surface area (Å²) in [4.78, 5) is 24.4. The second-order valence-electron chi connectivity index (χ2n) is 4.37. The summed E-state index contributed by atoms with van der Waals surface area (Å²) in [5.41, 5.74) is 4.26. The van der Waals surface area contributed by atoms with Crippen molar-refractivity contribution in [3.05, 3.63) is 35.1 Å². The SMILES string of the molecule is NC(=O)C1CNCCN1C(=O)c1c(F)cc(F)cc1F. The highest BCUT2D eigenvalue weighted by molar-refractivity contribution is 5.98. The van der Waals surface area contributed by atoms with Gasteiger partial charge in [-0.25, -0.2) is 13.2 Å². The van der Waals surface area contributed by atoms with Crippen LogP contribution in [0, 0.1) is 17.5 Å². The zero-order valence-corrected chi connectivity index (χ0v) is 10.3. The number of hydrogen-bond acceptors (Lipinski definition) is 3. The third kappa shape index (κ3) is 2.60. The van der Waals surface area contributed by atoms with Crippen molar-refractivity contribution in [1.29, 1.82) is 0 Å². The molecule has 1 heterocycles. The lowest BCUT2D eigenvalue weighted by atomic mass is 10.1. The number of benzene rings is 1. The van der Waals surface area contributed by atoms with Crippen LogP contribution in [0.15, 0.2) is 12.1 Å². The van der Waals surface area contributed by atoms with Crippen LogP contribution in [-0.4, -0.2) is 42.4 Å². The molecule has 20 heavy (non-hydrogen) atoms. The summed E-state index contributed by atoms with van der Waals surface area (Å²) in [5, 5.41) is 2.85. The maximum Gasteiger partial charge on any atom is 0.260 e. The Labute approximate surface area is 112 Å². The van der Waals surface area contributed by atoms with Gasteiger partial charge in [0, 0.05) is 31.8 Å². The molecule has 3 N–H and O–H groups in total. The summed E-state index contributed by atoms with van der Waals surface area (Å²) >= 11 is 0. The Morgan fingerprint density at radius 2 is 1.85 bits per heavy atom. The molecule has 1 aromatic carbocycles. The van der Waals surface area contributed by atoms with Crippen LogP contribution in [0.25, 0.3) is 0 Å². The molecule has 0 spiro atoms. The van der Waals surface area contributed by atoms with Gasteiger partial charge in [0.1, 0.15) is 29.1 Å². The van der Waals surface area contributed by atoms with Crippen molar-refractivity contribution in [2.45, 2.75) is 6.04 Å². The summed E-state index contributed by atoms with van der Waals surface area (Å²) in [6.07, 6.45) is 0. The summed E-state index contributed by atoms with van der Waals surface area (Å²) in [5.74, 6) is -5.55. The lowest BCUT2D eigenvalue weighted by Gasteiger charge is -2.34. The van der Waals surface area contributed by atoms with Crippen molar-refractivity contribution < 1.29 is 22.8 Å². The van der Waals surface area contributed by atoms with Crippen LogP contribution in [0.2, 0.25) is 0 Å². The molecule has 0 aromatic heterocycles. The molecule has 0 aliphatic carbocycles. The number of amides is 2. The number of nitrogens with zero attached hydrogens (tertiary/aromatic N) is 1. The highest BCUT2D eigenvalue weighted by Crippen LogP contribution is 2.18. The van der Waals surface area contributed by atoms with Gasteiger partial charge in [0.2, 0.25) is 5.91 Å². The predicted molar refractivity (Wildman–Crippen MR) is 63.2 cm³/mol. The molecule has 1 atom stereocenters. The molecule has 8 heteroatoms. The van der Waals surface area contributed by atoms with Gasteiger partial charge in [0.25, 0.3) is 5.91 Å². The smallest absolute Gasteiger partial charge is 0.260 e. The third-order valence-corrected chi connectivity index (χ3v) is 3.05. The summed E-state index contributed by atoms with van der Waals surface area (Å²) in [6.45, 7) is 0.536. The van der Waals surface area contributed by atoms with Gasteiger partial charge in [-0.15, -0.1) is 0 Å². The summed E-state index contributed by atoms with van der Waals surface area (Å²) < 4.78 is 40.0. The number of carbonyl (C=O) groups is 2. The van der Waals surface area contributed by atoms with Crippen LogP contribution >= 0.6 is 0 Å². The minimum Gasteiger partial charge on any atom is -0.368 e. The first-order valence-corrected chi connectivity index (χ1v) is 5.87. The van der Waals surface area contributed by atoms with Crippen molar-refractivity contribution in [3.63, 3.8) is 0 Å². The predicted octanol–water partition coefficient (Wildman–Crippen LogP) is 0.00320. The summed E-state index contributed by atoms with van der Waals surface area (Å²) in [7, 11) is 0. The maximum absolute atomic E-state index is 13.6. The Bertz CT molecular complexity index is 542.